The van der Waals surface area contributed by atoms with Crippen LogP contribution in [0.5, 0.6) is 5.75 Å². The van der Waals surface area contributed by atoms with E-state index < -0.39 is 77.0 Å². The first-order chi connectivity index (χ1) is 26.0. The maximum atomic E-state index is 14.1. The quantitative estimate of drug-likeness (QED) is 0.0503. The van der Waals surface area contributed by atoms with E-state index in [0.717, 1.165) is 55.0 Å². The molecule has 4 N–H and O–H groups in total. The summed E-state index contributed by atoms with van der Waals surface area (Å²) in [6, 6.07) is 17.1. The number of nitro benzene ring substituents is 1. The van der Waals surface area contributed by atoms with E-state index in [0.29, 0.717) is 6.07 Å². The molecule has 0 atom stereocenters. The molecular formula is C33H30N6O13S4. The van der Waals surface area contributed by atoms with Crippen LogP contribution >= 0.6 is 0 Å². The van der Waals surface area contributed by atoms with E-state index >= 15 is 0 Å². The fourth-order valence-electron chi connectivity index (χ4n) is 5.40. The summed E-state index contributed by atoms with van der Waals surface area (Å²) in [6.07, 6.45) is 1.74. The van der Waals surface area contributed by atoms with E-state index in [9.17, 15) is 58.2 Å². The standard InChI is InChI=1S/C33H30N6O13S4/c1-4-38(21-13-11-20(12-14-21)36-54(3,46)47)33(41)26-19-29(35-34-27-16-15-22(39(42)43)17-30(27)53(2,44)45)31-25(32(26)40)9-6-10-28(31)37-55(48,49)23-7-5-8-24(18-23)56(50,51)52/h5-19,36-37,40H,4H2,1-3H3,(H,50,51,52). The van der Waals surface area contributed by atoms with Crippen molar-refractivity contribution in [1.82, 2.24) is 0 Å². The number of anilines is 3. The molecule has 294 valence electrons. The van der Waals surface area contributed by atoms with E-state index in [2.05, 4.69) is 19.7 Å². The fraction of sp³-hybridized carbons (Fsp3) is 0.121. The lowest BCUT2D eigenvalue weighted by molar-refractivity contribution is -0.385. The molecule has 1 amide bonds. The summed E-state index contributed by atoms with van der Waals surface area (Å²) in [5.41, 5.74) is -1.44. The zero-order chi connectivity index (χ0) is 41.4. The molecule has 23 heteroatoms. The molecule has 0 spiro atoms. The Kier molecular flexibility index (Phi) is 11.2. The highest BCUT2D eigenvalue weighted by Crippen LogP contribution is 2.43. The number of carbonyl (C=O) groups is 1. The minimum atomic E-state index is -4.81. The van der Waals surface area contributed by atoms with Gasteiger partial charge in [0.25, 0.3) is 31.7 Å². The second-order valence-corrected chi connectivity index (χ2v) is 18.8. The number of nitrogens with zero attached hydrogens (tertiary/aromatic N) is 4. The fourth-order valence-corrected chi connectivity index (χ4v) is 8.50. The van der Waals surface area contributed by atoms with Crippen LogP contribution < -0.4 is 14.3 Å². The van der Waals surface area contributed by atoms with E-state index in [1.54, 1.807) is 6.92 Å². The number of sulfone groups is 1. The summed E-state index contributed by atoms with van der Waals surface area (Å²) < 4.78 is 113. The number of sulfonamides is 2. The van der Waals surface area contributed by atoms with Crippen LogP contribution in [0.15, 0.2) is 116 Å². The third-order valence-corrected chi connectivity index (χ3v) is 11.8. The lowest BCUT2D eigenvalue weighted by Gasteiger charge is -2.23. The van der Waals surface area contributed by atoms with Gasteiger partial charge in [-0.25, -0.2) is 25.3 Å². The topological polar surface area (TPSA) is 289 Å². The van der Waals surface area contributed by atoms with Gasteiger partial charge in [-0.2, -0.15) is 8.42 Å². The Bertz CT molecular complexity index is 2900. The van der Waals surface area contributed by atoms with Crippen LogP contribution in [-0.2, 0) is 40.0 Å². The maximum Gasteiger partial charge on any atom is 0.294 e. The summed E-state index contributed by atoms with van der Waals surface area (Å²) in [4.78, 5) is 24.0. The number of benzene rings is 5. The summed E-state index contributed by atoms with van der Waals surface area (Å²) >= 11 is 0. The molecule has 0 saturated carbocycles. The van der Waals surface area contributed by atoms with E-state index in [1.165, 1.54) is 47.4 Å². The Morgan fingerprint density at radius 3 is 2.02 bits per heavy atom. The van der Waals surface area contributed by atoms with Gasteiger partial charge in [-0.15, -0.1) is 10.2 Å². The molecule has 56 heavy (non-hydrogen) atoms. The van der Waals surface area contributed by atoms with Gasteiger partial charge in [0.15, 0.2) is 9.84 Å². The predicted molar refractivity (Wildman–Crippen MR) is 205 cm³/mol. The van der Waals surface area contributed by atoms with Crippen LogP contribution in [0.2, 0.25) is 0 Å². The van der Waals surface area contributed by atoms with Crippen molar-refractivity contribution in [3.63, 3.8) is 0 Å². The van der Waals surface area contributed by atoms with Crippen LogP contribution in [0.4, 0.5) is 34.1 Å². The number of amides is 1. The molecule has 0 bridgehead atoms. The average molecular weight is 847 g/mol. The van der Waals surface area contributed by atoms with Gasteiger partial charge in [-0.05, 0) is 67.6 Å². The lowest BCUT2D eigenvalue weighted by Crippen LogP contribution is -2.30. The van der Waals surface area contributed by atoms with Crippen molar-refractivity contribution in [2.24, 2.45) is 10.2 Å². The van der Waals surface area contributed by atoms with Gasteiger partial charge in [-0.1, -0.05) is 18.2 Å². The number of phenols is 1. The van der Waals surface area contributed by atoms with E-state index in [4.69, 9.17) is 0 Å². The van der Waals surface area contributed by atoms with Gasteiger partial charge in [0.1, 0.15) is 16.3 Å². The summed E-state index contributed by atoms with van der Waals surface area (Å²) in [7, 11) is -17.2. The second kappa shape index (κ2) is 15.3. The Balaban J connectivity index is 1.72. The Hall–Kier alpha value is -6.01. The number of aromatic hydroxyl groups is 1. The van der Waals surface area contributed by atoms with Crippen molar-refractivity contribution in [3.8, 4) is 5.75 Å². The van der Waals surface area contributed by atoms with Gasteiger partial charge in [0.2, 0.25) is 10.0 Å². The molecule has 19 nitrogen and oxygen atoms in total. The Morgan fingerprint density at radius 2 is 1.43 bits per heavy atom. The van der Waals surface area contributed by atoms with Crippen molar-refractivity contribution < 1.29 is 53.0 Å². The number of nitrogens with one attached hydrogen (secondary N) is 2. The SMILES string of the molecule is CCN(C(=O)c1cc(N=Nc2ccc([N+](=O)[O-])cc2S(C)(=O)=O)c2c(NS(=O)(=O)c3cccc(S(=O)(=O)O)c3)cccc2c1O)c1ccc(NS(C)(=O)=O)cc1. The predicted octanol–water partition coefficient (Wildman–Crippen LogP) is 5.36. The van der Waals surface area contributed by atoms with Crippen molar-refractivity contribution in [1.29, 1.82) is 0 Å². The molecule has 0 radical (unpaired) electrons. The summed E-state index contributed by atoms with van der Waals surface area (Å²) in [5, 5.41) is 30.8. The van der Waals surface area contributed by atoms with Gasteiger partial charge < -0.3 is 10.0 Å². The molecule has 5 aromatic rings. The van der Waals surface area contributed by atoms with E-state index in [-0.39, 0.29) is 51.3 Å². The summed E-state index contributed by atoms with van der Waals surface area (Å²) in [5.74, 6) is -1.47. The molecule has 0 unspecified atom stereocenters. The highest BCUT2D eigenvalue weighted by atomic mass is 32.2. The molecule has 0 aromatic heterocycles. The number of phenolic OH excluding ortho intramolecular Hbond substituents is 1. The number of hydrogen-bond acceptors (Lipinski definition) is 14. The van der Waals surface area contributed by atoms with Crippen molar-refractivity contribution in [2.75, 3.05) is 33.4 Å². The zero-order valence-corrected chi connectivity index (χ0v) is 32.4. The molecule has 5 rings (SSSR count). The van der Waals surface area contributed by atoms with Gasteiger partial charge >= 0.3 is 0 Å². The number of rotatable bonds is 13. The minimum absolute atomic E-state index is 0.0228. The smallest absolute Gasteiger partial charge is 0.294 e. The maximum absolute atomic E-state index is 14.1. The highest BCUT2D eigenvalue weighted by molar-refractivity contribution is 7.93. The van der Waals surface area contributed by atoms with Crippen LogP contribution in [0.1, 0.15) is 17.3 Å². The second-order valence-electron chi connectivity index (χ2n) is 11.9. The lowest BCUT2D eigenvalue weighted by atomic mass is 10.0. The highest BCUT2D eigenvalue weighted by Gasteiger charge is 2.26. The molecule has 0 aliphatic heterocycles. The van der Waals surface area contributed by atoms with Crippen molar-refractivity contribution in [3.05, 3.63) is 107 Å². The van der Waals surface area contributed by atoms with Crippen LogP contribution in [-0.4, -0.2) is 73.2 Å². The minimum Gasteiger partial charge on any atom is -0.506 e. The first-order valence-corrected chi connectivity index (χ1v) is 22.4. The molecule has 0 aliphatic carbocycles. The van der Waals surface area contributed by atoms with Gasteiger partial charge in [0.05, 0.1) is 37.9 Å². The number of hydrogen-bond donors (Lipinski definition) is 4. The van der Waals surface area contributed by atoms with Crippen molar-refractivity contribution >= 4 is 90.8 Å². The Labute approximate surface area is 320 Å². The number of nitro groups is 1. The average Bonchev–Trinajstić information content (AvgIpc) is 3.11. The third kappa shape index (κ3) is 9.09. The Morgan fingerprint density at radius 1 is 0.804 bits per heavy atom. The van der Waals surface area contributed by atoms with Gasteiger partial charge in [-0.3, -0.25) is 28.9 Å². The largest absolute Gasteiger partial charge is 0.506 e. The zero-order valence-electron chi connectivity index (χ0n) is 29.2. The number of fused-ring (bicyclic) bond motifs is 1. The summed E-state index contributed by atoms with van der Waals surface area (Å²) in [6.45, 7) is 1.64. The first-order valence-electron chi connectivity index (χ1n) is 15.7. The van der Waals surface area contributed by atoms with Crippen LogP contribution in [0.3, 0.4) is 0 Å². The molecule has 0 aliphatic rings. The normalized spacial score (nSPS) is 12.4. The number of azo groups is 1. The van der Waals surface area contributed by atoms with Gasteiger partial charge in [0, 0.05) is 47.1 Å². The van der Waals surface area contributed by atoms with Crippen molar-refractivity contribution in [2.45, 2.75) is 21.6 Å². The molecular weight excluding hydrogens is 817 g/mol. The number of carbonyl (C=O) groups excluding carboxylic acids is 1. The molecule has 5 aromatic carbocycles. The van der Waals surface area contributed by atoms with Crippen LogP contribution in [0.25, 0.3) is 10.8 Å². The molecule has 0 saturated heterocycles. The molecule has 0 fully saturated rings. The third-order valence-electron chi connectivity index (χ3n) is 7.86. The van der Waals surface area contributed by atoms with E-state index in [1.807, 2.05) is 0 Å². The van der Waals surface area contributed by atoms with Crippen LogP contribution in [0, 0.1) is 10.1 Å². The first kappa shape index (κ1) is 41.2. The number of non-ortho nitro benzene ring substituents is 1. The molecule has 0 heterocycles. The monoisotopic (exact) mass is 846 g/mol.